The molecule has 0 unspecified atom stereocenters. The van der Waals surface area contributed by atoms with E-state index in [1.165, 1.54) is 32.1 Å². The Balaban J connectivity index is 1.49. The van der Waals surface area contributed by atoms with Gasteiger partial charge in [0.25, 0.3) is 0 Å². The SMILES string of the molecule is CCOC(=O)c1nn(C)cc1CN1CCC(OC2CCCCC2)CC1. The fraction of sp³-hybridized carbons (Fsp3) is 0.789. The molecule has 6 heteroatoms. The molecule has 6 nitrogen and oxygen atoms in total. The molecule has 0 amide bonds. The van der Waals surface area contributed by atoms with E-state index < -0.39 is 0 Å². The number of ether oxygens (including phenoxy) is 2. The molecule has 2 heterocycles. The third kappa shape index (κ3) is 5.05. The van der Waals surface area contributed by atoms with Crippen LogP contribution in [0, 0.1) is 0 Å². The van der Waals surface area contributed by atoms with E-state index in [1.54, 1.807) is 4.68 Å². The van der Waals surface area contributed by atoms with Crippen molar-refractivity contribution in [3.63, 3.8) is 0 Å². The lowest BCUT2D eigenvalue weighted by molar-refractivity contribution is -0.0566. The van der Waals surface area contributed by atoms with Gasteiger partial charge >= 0.3 is 5.97 Å². The van der Waals surface area contributed by atoms with Gasteiger partial charge in [0.15, 0.2) is 5.69 Å². The minimum absolute atomic E-state index is 0.325. The van der Waals surface area contributed by atoms with Crippen LogP contribution in [0.4, 0.5) is 0 Å². The summed E-state index contributed by atoms with van der Waals surface area (Å²) in [4.78, 5) is 14.4. The van der Waals surface area contributed by atoms with Gasteiger partial charge in [-0.1, -0.05) is 19.3 Å². The Morgan fingerprint density at radius 2 is 1.84 bits per heavy atom. The molecule has 1 saturated heterocycles. The standard InChI is InChI=1S/C19H31N3O3/c1-3-24-19(23)18-15(13-21(2)20-18)14-22-11-9-17(10-12-22)25-16-7-5-4-6-8-16/h13,16-17H,3-12,14H2,1-2H3. The van der Waals surface area contributed by atoms with Gasteiger partial charge in [0.1, 0.15) is 0 Å². The zero-order valence-corrected chi connectivity index (χ0v) is 15.6. The maximum Gasteiger partial charge on any atom is 0.359 e. The van der Waals surface area contributed by atoms with Crippen LogP contribution in [0.5, 0.6) is 0 Å². The van der Waals surface area contributed by atoms with Crippen molar-refractivity contribution in [1.29, 1.82) is 0 Å². The van der Waals surface area contributed by atoms with Gasteiger partial charge in [-0.15, -0.1) is 0 Å². The Morgan fingerprint density at radius 3 is 2.52 bits per heavy atom. The molecule has 0 spiro atoms. The van der Waals surface area contributed by atoms with Crippen LogP contribution in [-0.2, 0) is 23.1 Å². The highest BCUT2D eigenvalue weighted by Gasteiger charge is 2.26. The van der Waals surface area contributed by atoms with Gasteiger partial charge in [-0.3, -0.25) is 9.58 Å². The molecular weight excluding hydrogens is 318 g/mol. The number of carbonyl (C=O) groups excluding carboxylic acids is 1. The van der Waals surface area contributed by atoms with E-state index in [0.29, 0.717) is 24.5 Å². The average molecular weight is 349 g/mol. The Kier molecular flexibility index (Phi) is 6.48. The molecule has 1 aliphatic carbocycles. The number of aryl methyl sites for hydroxylation is 1. The maximum atomic E-state index is 12.1. The van der Waals surface area contributed by atoms with Crippen LogP contribution in [0.25, 0.3) is 0 Å². The smallest absolute Gasteiger partial charge is 0.359 e. The summed E-state index contributed by atoms with van der Waals surface area (Å²) >= 11 is 0. The van der Waals surface area contributed by atoms with E-state index in [1.807, 2.05) is 20.2 Å². The van der Waals surface area contributed by atoms with Crippen molar-refractivity contribution in [1.82, 2.24) is 14.7 Å². The topological polar surface area (TPSA) is 56.6 Å². The minimum atomic E-state index is -0.325. The van der Waals surface area contributed by atoms with Gasteiger partial charge in [0, 0.05) is 38.4 Å². The molecule has 1 aromatic heterocycles. The first-order valence-corrected chi connectivity index (χ1v) is 9.73. The summed E-state index contributed by atoms with van der Waals surface area (Å²) in [5, 5.41) is 4.28. The summed E-state index contributed by atoms with van der Waals surface area (Å²) in [5.74, 6) is -0.325. The van der Waals surface area contributed by atoms with Crippen molar-refractivity contribution in [3.05, 3.63) is 17.5 Å². The number of likely N-dealkylation sites (tertiary alicyclic amines) is 1. The van der Waals surface area contributed by atoms with Crippen LogP contribution in [-0.4, -0.2) is 52.6 Å². The van der Waals surface area contributed by atoms with E-state index in [-0.39, 0.29) is 5.97 Å². The van der Waals surface area contributed by atoms with E-state index in [0.717, 1.165) is 38.0 Å². The highest BCUT2D eigenvalue weighted by Crippen LogP contribution is 2.25. The van der Waals surface area contributed by atoms with Crippen molar-refractivity contribution >= 4 is 5.97 Å². The van der Waals surface area contributed by atoms with Gasteiger partial charge in [-0.2, -0.15) is 5.10 Å². The summed E-state index contributed by atoms with van der Waals surface area (Å²) in [7, 11) is 1.84. The Hall–Kier alpha value is -1.40. The van der Waals surface area contributed by atoms with Crippen molar-refractivity contribution in [2.24, 2.45) is 7.05 Å². The second-order valence-corrected chi connectivity index (χ2v) is 7.27. The fourth-order valence-electron chi connectivity index (χ4n) is 3.94. The Bertz CT molecular complexity index is 558. The highest BCUT2D eigenvalue weighted by molar-refractivity contribution is 5.88. The highest BCUT2D eigenvalue weighted by atomic mass is 16.5. The van der Waals surface area contributed by atoms with Crippen LogP contribution >= 0.6 is 0 Å². The maximum absolute atomic E-state index is 12.1. The molecule has 0 N–H and O–H groups in total. The summed E-state index contributed by atoms with van der Waals surface area (Å²) < 4.78 is 13.1. The summed E-state index contributed by atoms with van der Waals surface area (Å²) in [6.07, 6.45) is 11.4. The van der Waals surface area contributed by atoms with Gasteiger partial charge in [-0.25, -0.2) is 4.79 Å². The van der Waals surface area contributed by atoms with Gasteiger partial charge in [0.2, 0.25) is 0 Å². The van der Waals surface area contributed by atoms with Crippen LogP contribution in [0.15, 0.2) is 6.20 Å². The molecule has 2 aliphatic rings. The number of piperidine rings is 1. The lowest BCUT2D eigenvalue weighted by atomic mass is 9.97. The van der Waals surface area contributed by atoms with Crippen molar-refractivity contribution in [2.45, 2.75) is 70.6 Å². The summed E-state index contributed by atoms with van der Waals surface area (Å²) in [6.45, 7) is 4.96. The largest absolute Gasteiger partial charge is 0.461 e. The number of esters is 1. The van der Waals surface area contributed by atoms with Crippen molar-refractivity contribution in [3.8, 4) is 0 Å². The van der Waals surface area contributed by atoms with E-state index in [9.17, 15) is 4.79 Å². The number of carbonyl (C=O) groups is 1. The van der Waals surface area contributed by atoms with Crippen LogP contribution in [0.1, 0.15) is 67.9 Å². The molecular formula is C19H31N3O3. The molecule has 2 fully saturated rings. The van der Waals surface area contributed by atoms with Crippen LogP contribution < -0.4 is 0 Å². The number of hydrogen-bond donors (Lipinski definition) is 0. The van der Waals surface area contributed by atoms with E-state index in [4.69, 9.17) is 9.47 Å². The molecule has 140 valence electrons. The van der Waals surface area contributed by atoms with Gasteiger partial charge in [0.05, 0.1) is 18.8 Å². The molecule has 3 rings (SSSR count). The summed E-state index contributed by atoms with van der Waals surface area (Å²) in [5.41, 5.74) is 1.40. The lowest BCUT2D eigenvalue weighted by Crippen LogP contribution is -2.38. The Labute approximate surface area is 150 Å². The predicted octanol–water partition coefficient (Wildman–Crippen LogP) is 2.91. The normalized spacial score (nSPS) is 20.7. The Morgan fingerprint density at radius 1 is 1.16 bits per heavy atom. The second-order valence-electron chi connectivity index (χ2n) is 7.27. The summed E-state index contributed by atoms with van der Waals surface area (Å²) in [6, 6.07) is 0. The van der Waals surface area contributed by atoms with Crippen LogP contribution in [0.3, 0.4) is 0 Å². The number of rotatable bonds is 6. The number of hydrogen-bond acceptors (Lipinski definition) is 5. The van der Waals surface area contributed by atoms with Gasteiger partial charge in [-0.05, 0) is 32.6 Å². The van der Waals surface area contributed by atoms with E-state index in [2.05, 4.69) is 10.00 Å². The molecule has 0 bridgehead atoms. The molecule has 0 atom stereocenters. The molecule has 1 aliphatic heterocycles. The molecule has 1 aromatic rings. The molecule has 0 radical (unpaired) electrons. The van der Waals surface area contributed by atoms with Crippen LogP contribution in [0.2, 0.25) is 0 Å². The number of aromatic nitrogens is 2. The first-order chi connectivity index (χ1) is 12.2. The first-order valence-electron chi connectivity index (χ1n) is 9.73. The third-order valence-electron chi connectivity index (χ3n) is 5.24. The molecule has 0 aromatic carbocycles. The fourth-order valence-corrected chi connectivity index (χ4v) is 3.94. The van der Waals surface area contributed by atoms with Crippen molar-refractivity contribution < 1.29 is 14.3 Å². The molecule has 25 heavy (non-hydrogen) atoms. The molecule has 1 saturated carbocycles. The zero-order valence-electron chi connectivity index (χ0n) is 15.6. The minimum Gasteiger partial charge on any atom is -0.461 e. The predicted molar refractivity (Wildman–Crippen MR) is 95.4 cm³/mol. The second kappa shape index (κ2) is 8.81. The van der Waals surface area contributed by atoms with E-state index >= 15 is 0 Å². The first kappa shape index (κ1) is 18.4. The average Bonchev–Trinajstić information content (AvgIpc) is 2.98. The lowest BCUT2D eigenvalue weighted by Gasteiger charge is -2.34. The van der Waals surface area contributed by atoms with Crippen molar-refractivity contribution in [2.75, 3.05) is 19.7 Å². The zero-order chi connectivity index (χ0) is 17.6. The monoisotopic (exact) mass is 349 g/mol. The quantitative estimate of drug-likeness (QED) is 0.739. The van der Waals surface area contributed by atoms with Gasteiger partial charge < -0.3 is 9.47 Å². The third-order valence-corrected chi connectivity index (χ3v) is 5.24. The number of nitrogens with zero attached hydrogens (tertiary/aromatic N) is 3.